The summed E-state index contributed by atoms with van der Waals surface area (Å²) in [5.74, 6) is 0.165. The van der Waals surface area contributed by atoms with E-state index in [-0.39, 0.29) is 41.3 Å². The van der Waals surface area contributed by atoms with Crippen LogP contribution in [-0.2, 0) is 22.2 Å². The van der Waals surface area contributed by atoms with Crippen molar-refractivity contribution in [2.45, 2.75) is 45.6 Å². The predicted octanol–water partition coefficient (Wildman–Crippen LogP) is 4.18. The standard InChI is InChI=1S/C22H26ClF3N4O4/c1-5-30-19(14-8-7-13(9-15(14)23)22(24,25)26)27-12(3)18(20(30)31)28-16-10-29(21(32)33-4)11-17(16)34-6-2/h7-9,16-17,28H,5-6,10-11H2,1-4H3/t16-,17+/m1/s1. The number of nitrogens with zero attached hydrogens (tertiary/aromatic N) is 3. The fourth-order valence-electron chi connectivity index (χ4n) is 3.96. The lowest BCUT2D eigenvalue weighted by Crippen LogP contribution is -2.38. The lowest BCUT2D eigenvalue weighted by molar-refractivity contribution is -0.137. The molecule has 1 N–H and O–H groups in total. The van der Waals surface area contributed by atoms with Gasteiger partial charge in [0.25, 0.3) is 5.56 Å². The van der Waals surface area contributed by atoms with E-state index in [0.29, 0.717) is 18.8 Å². The number of aromatic nitrogens is 2. The second-order valence-electron chi connectivity index (χ2n) is 7.76. The summed E-state index contributed by atoms with van der Waals surface area (Å²) in [7, 11) is 1.29. The minimum absolute atomic E-state index is 0.162. The highest BCUT2D eigenvalue weighted by atomic mass is 35.5. The van der Waals surface area contributed by atoms with Crippen molar-refractivity contribution in [1.29, 1.82) is 0 Å². The van der Waals surface area contributed by atoms with Gasteiger partial charge in [-0.3, -0.25) is 9.36 Å². The Morgan fingerprint density at radius 2 is 2.00 bits per heavy atom. The summed E-state index contributed by atoms with van der Waals surface area (Å²) >= 11 is 6.16. The summed E-state index contributed by atoms with van der Waals surface area (Å²) in [6.07, 6.45) is -5.41. The molecule has 12 heteroatoms. The molecule has 2 atom stereocenters. The van der Waals surface area contributed by atoms with Gasteiger partial charge in [-0.15, -0.1) is 0 Å². The Morgan fingerprint density at radius 1 is 1.29 bits per heavy atom. The number of aryl methyl sites for hydroxylation is 1. The SMILES string of the molecule is CCO[C@H]1CN(C(=O)OC)C[C@H]1Nc1c(C)nc(-c2ccc(C(F)(F)F)cc2Cl)n(CC)c1=O. The number of rotatable bonds is 6. The molecular weight excluding hydrogens is 477 g/mol. The minimum atomic E-state index is -4.54. The molecule has 8 nitrogen and oxygen atoms in total. The van der Waals surface area contributed by atoms with Gasteiger partial charge in [0.1, 0.15) is 11.5 Å². The molecule has 1 aliphatic heterocycles. The maximum Gasteiger partial charge on any atom is 0.416 e. The first kappa shape index (κ1) is 25.8. The first-order valence-corrected chi connectivity index (χ1v) is 11.1. The molecule has 1 saturated heterocycles. The van der Waals surface area contributed by atoms with E-state index in [1.807, 2.05) is 6.92 Å². The van der Waals surface area contributed by atoms with Crippen LogP contribution >= 0.6 is 11.6 Å². The number of amides is 1. The summed E-state index contributed by atoms with van der Waals surface area (Å²) in [5, 5.41) is 3.00. The number of nitrogens with one attached hydrogen (secondary N) is 1. The fourth-order valence-corrected chi connectivity index (χ4v) is 4.22. The van der Waals surface area contributed by atoms with Crippen molar-refractivity contribution in [3.63, 3.8) is 0 Å². The van der Waals surface area contributed by atoms with Gasteiger partial charge in [-0.2, -0.15) is 13.2 Å². The van der Waals surface area contributed by atoms with Gasteiger partial charge in [-0.1, -0.05) is 11.6 Å². The molecular formula is C22H26ClF3N4O4. The van der Waals surface area contributed by atoms with Gasteiger partial charge >= 0.3 is 12.3 Å². The maximum absolute atomic E-state index is 13.4. The molecule has 2 aromatic rings. The number of carbonyl (C=O) groups is 1. The van der Waals surface area contributed by atoms with Crippen LogP contribution in [0.15, 0.2) is 23.0 Å². The Labute approximate surface area is 199 Å². The summed E-state index contributed by atoms with van der Waals surface area (Å²) < 4.78 is 51.0. The van der Waals surface area contributed by atoms with E-state index in [4.69, 9.17) is 21.1 Å². The van der Waals surface area contributed by atoms with Gasteiger partial charge in [0, 0.05) is 25.3 Å². The topological polar surface area (TPSA) is 85.7 Å². The van der Waals surface area contributed by atoms with Crippen molar-refractivity contribution < 1.29 is 27.4 Å². The van der Waals surface area contributed by atoms with Crippen molar-refractivity contribution in [3.8, 4) is 11.4 Å². The van der Waals surface area contributed by atoms with Crippen LogP contribution in [0.25, 0.3) is 11.4 Å². The van der Waals surface area contributed by atoms with E-state index in [2.05, 4.69) is 10.3 Å². The summed E-state index contributed by atoms with van der Waals surface area (Å²) in [6.45, 7) is 6.36. The van der Waals surface area contributed by atoms with Gasteiger partial charge in [0.15, 0.2) is 0 Å². The zero-order chi connectivity index (χ0) is 25.2. The zero-order valence-electron chi connectivity index (χ0n) is 19.2. The molecule has 3 rings (SSSR count). The van der Waals surface area contributed by atoms with Gasteiger partial charge in [0.05, 0.1) is 42.1 Å². The molecule has 2 heterocycles. The molecule has 1 fully saturated rings. The summed E-state index contributed by atoms with van der Waals surface area (Å²) in [4.78, 5) is 31.3. The Bertz CT molecular complexity index is 1120. The van der Waals surface area contributed by atoms with Crippen molar-refractivity contribution in [3.05, 3.63) is 44.8 Å². The molecule has 1 aliphatic rings. The number of hydrogen-bond acceptors (Lipinski definition) is 6. The lowest BCUT2D eigenvalue weighted by Gasteiger charge is -2.22. The van der Waals surface area contributed by atoms with Crippen LogP contribution in [0, 0.1) is 6.92 Å². The van der Waals surface area contributed by atoms with E-state index in [1.54, 1.807) is 13.8 Å². The zero-order valence-corrected chi connectivity index (χ0v) is 20.0. The summed E-state index contributed by atoms with van der Waals surface area (Å²) in [6, 6.07) is 2.54. The van der Waals surface area contributed by atoms with Crippen LogP contribution in [0.4, 0.5) is 23.7 Å². The van der Waals surface area contributed by atoms with E-state index < -0.39 is 29.4 Å². The molecule has 1 aromatic carbocycles. The highest BCUT2D eigenvalue weighted by Crippen LogP contribution is 2.35. The molecule has 0 bridgehead atoms. The Kier molecular flexibility index (Phi) is 7.77. The van der Waals surface area contributed by atoms with E-state index in [0.717, 1.165) is 12.1 Å². The van der Waals surface area contributed by atoms with Crippen LogP contribution in [0.1, 0.15) is 25.1 Å². The van der Waals surface area contributed by atoms with Gasteiger partial charge in [-0.25, -0.2) is 9.78 Å². The minimum Gasteiger partial charge on any atom is -0.453 e. The first-order valence-electron chi connectivity index (χ1n) is 10.7. The molecule has 0 saturated carbocycles. The normalized spacial score (nSPS) is 18.3. The monoisotopic (exact) mass is 502 g/mol. The number of alkyl halides is 3. The number of anilines is 1. The van der Waals surface area contributed by atoms with Crippen LogP contribution in [0.2, 0.25) is 5.02 Å². The number of likely N-dealkylation sites (tertiary alicyclic amines) is 1. The molecule has 186 valence electrons. The van der Waals surface area contributed by atoms with Crippen molar-refractivity contribution >= 4 is 23.4 Å². The van der Waals surface area contributed by atoms with Crippen LogP contribution in [-0.4, -0.2) is 59.5 Å². The van der Waals surface area contributed by atoms with Crippen molar-refractivity contribution in [2.24, 2.45) is 0 Å². The van der Waals surface area contributed by atoms with Crippen molar-refractivity contribution in [2.75, 3.05) is 32.1 Å². The number of ether oxygens (including phenoxy) is 2. The van der Waals surface area contributed by atoms with Gasteiger partial charge < -0.3 is 19.7 Å². The van der Waals surface area contributed by atoms with Crippen LogP contribution in [0.5, 0.6) is 0 Å². The highest BCUT2D eigenvalue weighted by molar-refractivity contribution is 6.33. The molecule has 0 radical (unpaired) electrons. The lowest BCUT2D eigenvalue weighted by atomic mass is 10.1. The predicted molar refractivity (Wildman–Crippen MR) is 121 cm³/mol. The largest absolute Gasteiger partial charge is 0.453 e. The van der Waals surface area contributed by atoms with Gasteiger partial charge in [-0.05, 0) is 39.0 Å². The number of hydrogen-bond donors (Lipinski definition) is 1. The smallest absolute Gasteiger partial charge is 0.416 e. The molecule has 1 aromatic heterocycles. The second-order valence-corrected chi connectivity index (χ2v) is 8.16. The number of benzene rings is 1. The Balaban J connectivity index is 2.00. The average Bonchev–Trinajstić information content (AvgIpc) is 3.18. The summed E-state index contributed by atoms with van der Waals surface area (Å²) in [5.41, 5.74) is -0.525. The third-order valence-electron chi connectivity index (χ3n) is 5.61. The Morgan fingerprint density at radius 3 is 2.56 bits per heavy atom. The molecule has 0 aliphatic carbocycles. The first-order chi connectivity index (χ1) is 16.0. The number of halogens is 4. The van der Waals surface area contributed by atoms with Crippen molar-refractivity contribution in [1.82, 2.24) is 14.5 Å². The second kappa shape index (κ2) is 10.2. The van der Waals surface area contributed by atoms with Gasteiger partial charge in [0.2, 0.25) is 0 Å². The van der Waals surface area contributed by atoms with Crippen LogP contribution < -0.4 is 10.9 Å². The van der Waals surface area contributed by atoms with E-state index in [1.165, 1.54) is 22.6 Å². The third-order valence-corrected chi connectivity index (χ3v) is 5.93. The molecule has 0 unspecified atom stereocenters. The Hall–Kier alpha value is -2.79. The maximum atomic E-state index is 13.4. The molecule has 34 heavy (non-hydrogen) atoms. The molecule has 1 amide bonds. The quantitative estimate of drug-likeness (QED) is 0.638. The third kappa shape index (κ3) is 5.15. The van der Waals surface area contributed by atoms with E-state index >= 15 is 0 Å². The molecule has 0 spiro atoms. The van der Waals surface area contributed by atoms with E-state index in [9.17, 15) is 22.8 Å². The fraction of sp³-hybridized carbons (Fsp3) is 0.500. The average molecular weight is 503 g/mol. The highest BCUT2D eigenvalue weighted by Gasteiger charge is 2.37. The number of methoxy groups -OCH3 is 1. The van der Waals surface area contributed by atoms with Crippen LogP contribution in [0.3, 0.4) is 0 Å². The number of carbonyl (C=O) groups excluding carboxylic acids is 1.